The first-order chi connectivity index (χ1) is 8.24. The summed E-state index contributed by atoms with van der Waals surface area (Å²) in [6, 6.07) is 9.03. The molecule has 0 aliphatic carbocycles. The van der Waals surface area contributed by atoms with Crippen molar-refractivity contribution in [1.82, 2.24) is 0 Å². The van der Waals surface area contributed by atoms with E-state index >= 15 is 0 Å². The quantitative estimate of drug-likeness (QED) is 0.581. The number of hydrogen-bond acceptors (Lipinski definition) is 4. The van der Waals surface area contributed by atoms with Crippen LogP contribution in [0.25, 0.3) is 10.8 Å². The van der Waals surface area contributed by atoms with E-state index in [1.165, 1.54) is 12.2 Å². The van der Waals surface area contributed by atoms with Crippen LogP contribution >= 0.6 is 0 Å². The number of aryl methyl sites for hydroxylation is 1. The van der Waals surface area contributed by atoms with E-state index in [9.17, 15) is 9.59 Å². The first kappa shape index (κ1) is 11.0. The SMILES string of the molecule is Cc1ccc2cc(N=C=O)cc(N=C=O)c2c1. The molecule has 2 aromatic carbocycles. The summed E-state index contributed by atoms with van der Waals surface area (Å²) in [5, 5.41) is 1.69. The fourth-order valence-corrected chi connectivity index (χ4v) is 1.70. The maximum Gasteiger partial charge on any atom is 0.240 e. The van der Waals surface area contributed by atoms with Gasteiger partial charge in [0.2, 0.25) is 12.2 Å². The molecule has 0 atom stereocenters. The van der Waals surface area contributed by atoms with Gasteiger partial charge in [-0.25, -0.2) is 9.59 Å². The zero-order chi connectivity index (χ0) is 12.3. The molecule has 0 amide bonds. The Morgan fingerprint density at radius 1 is 1.00 bits per heavy atom. The maximum absolute atomic E-state index is 10.4. The van der Waals surface area contributed by atoms with Crippen molar-refractivity contribution in [2.45, 2.75) is 6.92 Å². The second-order valence-electron chi connectivity index (χ2n) is 3.60. The van der Waals surface area contributed by atoms with Gasteiger partial charge in [-0.1, -0.05) is 17.7 Å². The van der Waals surface area contributed by atoms with Crippen LogP contribution in [-0.4, -0.2) is 12.2 Å². The van der Waals surface area contributed by atoms with Gasteiger partial charge >= 0.3 is 0 Å². The summed E-state index contributed by atoms with van der Waals surface area (Å²) in [7, 11) is 0. The van der Waals surface area contributed by atoms with Gasteiger partial charge in [-0.3, -0.25) is 0 Å². The van der Waals surface area contributed by atoms with Crippen LogP contribution in [0.2, 0.25) is 0 Å². The minimum Gasteiger partial charge on any atom is -0.211 e. The zero-order valence-electron chi connectivity index (χ0n) is 9.10. The van der Waals surface area contributed by atoms with E-state index in [1.54, 1.807) is 12.1 Å². The van der Waals surface area contributed by atoms with Gasteiger partial charge < -0.3 is 0 Å². The Balaban J connectivity index is 2.84. The molecule has 4 heteroatoms. The predicted octanol–water partition coefficient (Wildman–Crippen LogP) is 3.08. The van der Waals surface area contributed by atoms with Gasteiger partial charge in [-0.05, 0) is 30.5 Å². The summed E-state index contributed by atoms with van der Waals surface area (Å²) < 4.78 is 0. The van der Waals surface area contributed by atoms with Gasteiger partial charge in [0.25, 0.3) is 0 Å². The highest BCUT2D eigenvalue weighted by molar-refractivity contribution is 5.96. The third kappa shape index (κ3) is 2.18. The monoisotopic (exact) mass is 224 g/mol. The van der Waals surface area contributed by atoms with Crippen molar-refractivity contribution >= 4 is 34.3 Å². The molecule has 0 radical (unpaired) electrons. The average molecular weight is 224 g/mol. The lowest BCUT2D eigenvalue weighted by Crippen LogP contribution is -1.77. The van der Waals surface area contributed by atoms with Crippen LogP contribution < -0.4 is 0 Å². The smallest absolute Gasteiger partial charge is 0.211 e. The number of aliphatic imine (C=N–C) groups is 2. The van der Waals surface area contributed by atoms with Crippen LogP contribution in [0, 0.1) is 6.92 Å². The van der Waals surface area contributed by atoms with Crippen LogP contribution in [0.3, 0.4) is 0 Å². The molecule has 0 aliphatic heterocycles. The van der Waals surface area contributed by atoms with Gasteiger partial charge in [0.1, 0.15) is 0 Å². The van der Waals surface area contributed by atoms with Crippen LogP contribution in [0.4, 0.5) is 11.4 Å². The molecule has 0 fully saturated rings. The molecule has 0 bridgehead atoms. The van der Waals surface area contributed by atoms with Gasteiger partial charge in [0, 0.05) is 5.39 Å². The minimum absolute atomic E-state index is 0.422. The van der Waals surface area contributed by atoms with Crippen molar-refractivity contribution in [2.24, 2.45) is 9.98 Å². The molecule has 0 spiro atoms. The number of rotatable bonds is 2. The molecule has 0 aliphatic rings. The van der Waals surface area contributed by atoms with Crippen molar-refractivity contribution in [3.05, 3.63) is 35.9 Å². The lowest BCUT2D eigenvalue weighted by atomic mass is 10.1. The number of hydrogen-bond donors (Lipinski definition) is 0. The van der Waals surface area contributed by atoms with Crippen LogP contribution in [0.5, 0.6) is 0 Å². The normalized spacial score (nSPS) is 9.47. The van der Waals surface area contributed by atoms with E-state index in [2.05, 4.69) is 9.98 Å². The van der Waals surface area contributed by atoms with Gasteiger partial charge in [-0.2, -0.15) is 9.98 Å². The van der Waals surface area contributed by atoms with E-state index in [1.807, 2.05) is 25.1 Å². The average Bonchev–Trinajstić information content (AvgIpc) is 2.31. The summed E-state index contributed by atoms with van der Waals surface area (Å²) in [6.45, 7) is 1.95. The number of carbonyl (C=O) groups excluding carboxylic acids is 2. The van der Waals surface area contributed by atoms with E-state index in [4.69, 9.17) is 0 Å². The first-order valence-corrected chi connectivity index (χ1v) is 4.95. The highest BCUT2D eigenvalue weighted by atomic mass is 16.1. The largest absolute Gasteiger partial charge is 0.240 e. The molecule has 0 unspecified atom stereocenters. The molecule has 4 nitrogen and oxygen atoms in total. The fourth-order valence-electron chi connectivity index (χ4n) is 1.70. The minimum atomic E-state index is 0.422. The highest BCUT2D eigenvalue weighted by Gasteiger charge is 2.03. The van der Waals surface area contributed by atoms with Crippen molar-refractivity contribution in [3.63, 3.8) is 0 Å². The van der Waals surface area contributed by atoms with E-state index in [0.717, 1.165) is 16.3 Å². The summed E-state index contributed by atoms with van der Waals surface area (Å²) in [5.74, 6) is 0. The van der Waals surface area contributed by atoms with Crippen molar-refractivity contribution in [2.75, 3.05) is 0 Å². The molecule has 2 rings (SSSR count). The molecule has 82 valence electrons. The fraction of sp³-hybridized carbons (Fsp3) is 0.0769. The highest BCUT2D eigenvalue weighted by Crippen LogP contribution is 2.31. The third-order valence-corrected chi connectivity index (χ3v) is 2.41. The number of nitrogens with zero attached hydrogens (tertiary/aromatic N) is 2. The number of fused-ring (bicyclic) bond motifs is 1. The van der Waals surface area contributed by atoms with Crippen molar-refractivity contribution in [1.29, 1.82) is 0 Å². The van der Waals surface area contributed by atoms with Crippen LogP contribution in [0.15, 0.2) is 40.3 Å². The summed E-state index contributed by atoms with van der Waals surface area (Å²) in [6.07, 6.45) is 2.96. The Labute approximate surface area is 97.3 Å². The lowest BCUT2D eigenvalue weighted by Gasteiger charge is -2.03. The molecular weight excluding hydrogens is 216 g/mol. The summed E-state index contributed by atoms with van der Waals surface area (Å²) >= 11 is 0. The molecule has 0 N–H and O–H groups in total. The van der Waals surface area contributed by atoms with Gasteiger partial charge in [0.05, 0.1) is 11.4 Å². The Morgan fingerprint density at radius 2 is 1.76 bits per heavy atom. The molecule has 0 saturated heterocycles. The zero-order valence-corrected chi connectivity index (χ0v) is 9.10. The van der Waals surface area contributed by atoms with Gasteiger partial charge in [-0.15, -0.1) is 0 Å². The Hall–Kier alpha value is -2.54. The maximum atomic E-state index is 10.4. The molecule has 0 saturated carbocycles. The second kappa shape index (κ2) is 4.54. The van der Waals surface area contributed by atoms with Crippen molar-refractivity contribution in [3.8, 4) is 0 Å². The standard InChI is InChI=1S/C13H8N2O2/c1-9-2-3-10-5-11(14-7-16)6-13(15-8-17)12(10)4-9/h2-6H,1H3. The van der Waals surface area contributed by atoms with E-state index in [0.29, 0.717) is 11.4 Å². The number of isocyanates is 2. The van der Waals surface area contributed by atoms with Crippen LogP contribution in [-0.2, 0) is 9.59 Å². The molecule has 0 heterocycles. The molecular formula is C13H8N2O2. The second-order valence-corrected chi connectivity index (χ2v) is 3.60. The molecule has 17 heavy (non-hydrogen) atoms. The predicted molar refractivity (Wildman–Crippen MR) is 64.2 cm³/mol. The first-order valence-electron chi connectivity index (χ1n) is 4.95. The third-order valence-electron chi connectivity index (χ3n) is 2.41. The number of benzene rings is 2. The summed E-state index contributed by atoms with van der Waals surface area (Å²) in [5.41, 5.74) is 1.94. The lowest BCUT2D eigenvalue weighted by molar-refractivity contribution is 0.565. The van der Waals surface area contributed by atoms with Crippen LogP contribution in [0.1, 0.15) is 5.56 Å². The van der Waals surface area contributed by atoms with Gasteiger partial charge in [0.15, 0.2) is 0 Å². The summed E-state index contributed by atoms with van der Waals surface area (Å²) in [4.78, 5) is 27.8. The molecule has 2 aromatic rings. The topological polar surface area (TPSA) is 58.9 Å². The van der Waals surface area contributed by atoms with E-state index in [-0.39, 0.29) is 0 Å². The Kier molecular flexibility index (Phi) is 2.93. The molecule has 0 aromatic heterocycles. The Morgan fingerprint density at radius 3 is 2.47 bits per heavy atom. The van der Waals surface area contributed by atoms with Crippen molar-refractivity contribution < 1.29 is 9.59 Å². The Bertz CT molecular complexity index is 679. The van der Waals surface area contributed by atoms with E-state index < -0.39 is 0 Å².